The number of alkyl carbamates (subject to hydrolysis) is 1. The molecular formula is C25H43N7O4. The normalized spacial score (nSPS) is 22.0. The topological polar surface area (TPSA) is 123 Å². The van der Waals surface area contributed by atoms with Crippen LogP contribution in [-0.2, 0) is 14.3 Å². The van der Waals surface area contributed by atoms with Gasteiger partial charge in [0.05, 0.1) is 19.3 Å². The third-order valence-electron chi connectivity index (χ3n) is 7.52. The third-order valence-corrected chi connectivity index (χ3v) is 7.52. The SMILES string of the molecule is CN1CCN(CCOC(=O)NC(=N[C@@H](CCC2(C)CCCC2)C(=O)NCC#N)N2CCOCC2)CC1. The molecule has 1 aliphatic carbocycles. The second-order valence-electron chi connectivity index (χ2n) is 10.4. The number of aliphatic imine (C=N–C) groups is 1. The Labute approximate surface area is 215 Å². The zero-order valence-corrected chi connectivity index (χ0v) is 22.0. The van der Waals surface area contributed by atoms with E-state index < -0.39 is 12.1 Å². The first-order valence-electron chi connectivity index (χ1n) is 13.3. The number of ether oxygens (including phenoxy) is 2. The average molecular weight is 506 g/mol. The number of piperazine rings is 1. The highest BCUT2D eigenvalue weighted by molar-refractivity contribution is 5.95. The summed E-state index contributed by atoms with van der Waals surface area (Å²) in [4.78, 5) is 36.8. The van der Waals surface area contributed by atoms with Gasteiger partial charge in [-0.1, -0.05) is 19.8 Å². The summed E-state index contributed by atoms with van der Waals surface area (Å²) in [5.74, 6) is 0.0331. The van der Waals surface area contributed by atoms with E-state index in [9.17, 15) is 9.59 Å². The molecule has 202 valence electrons. The van der Waals surface area contributed by atoms with Crippen molar-refractivity contribution in [2.45, 2.75) is 51.5 Å². The number of guanidine groups is 1. The van der Waals surface area contributed by atoms with E-state index in [1.807, 2.05) is 11.0 Å². The number of nitrogens with one attached hydrogen (secondary N) is 2. The number of nitriles is 1. The van der Waals surface area contributed by atoms with Crippen molar-refractivity contribution in [2.24, 2.45) is 10.4 Å². The Balaban J connectivity index is 1.64. The first-order valence-corrected chi connectivity index (χ1v) is 13.3. The van der Waals surface area contributed by atoms with E-state index in [0.29, 0.717) is 45.2 Å². The van der Waals surface area contributed by atoms with Crippen molar-refractivity contribution in [2.75, 3.05) is 79.2 Å². The zero-order chi connectivity index (χ0) is 25.8. The number of hydrogen-bond acceptors (Lipinski definition) is 8. The molecule has 0 aromatic heterocycles. The molecule has 36 heavy (non-hydrogen) atoms. The van der Waals surface area contributed by atoms with E-state index in [1.165, 1.54) is 12.8 Å². The second kappa shape index (κ2) is 14.4. The molecule has 0 aromatic rings. The minimum absolute atomic E-state index is 0.0726. The Hall–Kier alpha value is -2.42. The van der Waals surface area contributed by atoms with Crippen molar-refractivity contribution in [3.8, 4) is 6.07 Å². The lowest BCUT2D eigenvalue weighted by Gasteiger charge is -2.32. The summed E-state index contributed by atoms with van der Waals surface area (Å²) in [6.07, 6.45) is 5.58. The second-order valence-corrected chi connectivity index (χ2v) is 10.4. The van der Waals surface area contributed by atoms with E-state index in [4.69, 9.17) is 19.7 Å². The standard InChI is InChI=1S/C25H43N7O4/c1-25(6-3-4-7-25)8-5-21(22(33)27-10-9-26)28-23(32-16-18-35-19-17-32)29-24(34)36-20-15-31-13-11-30(2)12-14-31/h21H,3-8,10-20H2,1-2H3,(H,27,33)(H,28,29,34)/t21-/m0/s1. The number of nitrogens with zero attached hydrogens (tertiary/aromatic N) is 5. The number of morpholine rings is 1. The van der Waals surface area contributed by atoms with Gasteiger partial charge in [-0.2, -0.15) is 5.26 Å². The molecule has 0 bridgehead atoms. The maximum atomic E-state index is 12.9. The Morgan fingerprint density at radius 1 is 1.14 bits per heavy atom. The molecular weight excluding hydrogens is 462 g/mol. The Morgan fingerprint density at radius 3 is 2.50 bits per heavy atom. The Morgan fingerprint density at radius 2 is 1.83 bits per heavy atom. The molecule has 1 atom stereocenters. The van der Waals surface area contributed by atoms with E-state index >= 15 is 0 Å². The summed E-state index contributed by atoms with van der Waals surface area (Å²) in [6, 6.07) is 1.26. The molecule has 2 amide bonds. The monoisotopic (exact) mass is 505 g/mol. The highest BCUT2D eigenvalue weighted by atomic mass is 16.5. The van der Waals surface area contributed by atoms with Crippen LogP contribution in [0.2, 0.25) is 0 Å². The molecule has 0 aromatic carbocycles. The van der Waals surface area contributed by atoms with Gasteiger partial charge in [0.15, 0.2) is 0 Å². The van der Waals surface area contributed by atoms with Gasteiger partial charge in [0.2, 0.25) is 11.9 Å². The van der Waals surface area contributed by atoms with Crippen molar-refractivity contribution in [1.82, 2.24) is 25.3 Å². The van der Waals surface area contributed by atoms with Crippen LogP contribution in [-0.4, -0.2) is 118 Å². The van der Waals surface area contributed by atoms with Crippen molar-refractivity contribution in [3.05, 3.63) is 0 Å². The maximum Gasteiger partial charge on any atom is 0.414 e. The van der Waals surface area contributed by atoms with Crippen molar-refractivity contribution >= 4 is 18.0 Å². The lowest BCUT2D eigenvalue weighted by atomic mass is 9.82. The molecule has 2 saturated heterocycles. The van der Waals surface area contributed by atoms with E-state index in [1.54, 1.807) is 0 Å². The summed E-state index contributed by atoms with van der Waals surface area (Å²) >= 11 is 0. The third kappa shape index (κ3) is 9.22. The highest BCUT2D eigenvalue weighted by Crippen LogP contribution is 2.41. The van der Waals surface area contributed by atoms with Gasteiger partial charge in [-0.25, -0.2) is 9.79 Å². The van der Waals surface area contributed by atoms with Crippen molar-refractivity contribution in [3.63, 3.8) is 0 Å². The predicted molar refractivity (Wildman–Crippen MR) is 136 cm³/mol. The van der Waals surface area contributed by atoms with Gasteiger partial charge in [-0.05, 0) is 38.1 Å². The van der Waals surface area contributed by atoms with Gasteiger partial charge < -0.3 is 24.6 Å². The Kier molecular flexibility index (Phi) is 11.2. The molecule has 3 fully saturated rings. The van der Waals surface area contributed by atoms with E-state index in [0.717, 1.165) is 45.4 Å². The van der Waals surface area contributed by atoms with Crippen LogP contribution in [0.4, 0.5) is 4.79 Å². The fraction of sp³-hybridized carbons (Fsp3) is 0.840. The molecule has 0 spiro atoms. The molecule has 1 saturated carbocycles. The van der Waals surface area contributed by atoms with E-state index in [-0.39, 0.29) is 24.5 Å². The van der Waals surface area contributed by atoms with Crippen LogP contribution in [0.15, 0.2) is 4.99 Å². The fourth-order valence-electron chi connectivity index (χ4n) is 5.04. The summed E-state index contributed by atoms with van der Waals surface area (Å²) < 4.78 is 10.9. The minimum Gasteiger partial charge on any atom is -0.448 e. The summed E-state index contributed by atoms with van der Waals surface area (Å²) in [7, 11) is 2.11. The van der Waals surface area contributed by atoms with Crippen LogP contribution in [0, 0.1) is 16.7 Å². The maximum absolute atomic E-state index is 12.9. The number of carbonyl (C=O) groups is 2. The van der Waals surface area contributed by atoms with Gasteiger partial charge in [-0.3, -0.25) is 15.0 Å². The predicted octanol–water partition coefficient (Wildman–Crippen LogP) is 1.02. The van der Waals surface area contributed by atoms with Crippen molar-refractivity contribution in [1.29, 1.82) is 5.26 Å². The lowest BCUT2D eigenvalue weighted by Crippen LogP contribution is -2.51. The van der Waals surface area contributed by atoms with Crippen LogP contribution in [0.25, 0.3) is 0 Å². The number of hydrogen-bond donors (Lipinski definition) is 2. The molecule has 0 radical (unpaired) electrons. The van der Waals surface area contributed by atoms with Gasteiger partial charge in [0, 0.05) is 45.8 Å². The quantitative estimate of drug-likeness (QED) is 0.271. The zero-order valence-electron chi connectivity index (χ0n) is 22.0. The van der Waals surface area contributed by atoms with Crippen LogP contribution in [0.1, 0.15) is 45.4 Å². The molecule has 3 rings (SSSR count). The minimum atomic E-state index is -0.695. The fourth-order valence-corrected chi connectivity index (χ4v) is 5.04. The van der Waals surface area contributed by atoms with Gasteiger partial charge in [0.1, 0.15) is 19.2 Å². The van der Waals surface area contributed by atoms with Gasteiger partial charge >= 0.3 is 6.09 Å². The number of rotatable bonds is 9. The largest absolute Gasteiger partial charge is 0.448 e. The first kappa shape index (κ1) is 28.2. The molecule has 2 aliphatic heterocycles. The molecule has 2 N–H and O–H groups in total. The van der Waals surface area contributed by atoms with Gasteiger partial charge in [-0.15, -0.1) is 0 Å². The van der Waals surface area contributed by atoms with Crippen LogP contribution >= 0.6 is 0 Å². The van der Waals surface area contributed by atoms with Crippen molar-refractivity contribution < 1.29 is 19.1 Å². The number of likely N-dealkylation sites (N-methyl/N-ethyl adjacent to an activating group) is 1. The molecule has 2 heterocycles. The summed E-state index contributed by atoms with van der Waals surface area (Å²) in [6.45, 7) is 9.26. The highest BCUT2D eigenvalue weighted by Gasteiger charge is 2.31. The summed E-state index contributed by atoms with van der Waals surface area (Å²) in [5, 5.41) is 14.4. The molecule has 11 heteroatoms. The lowest BCUT2D eigenvalue weighted by molar-refractivity contribution is -0.122. The van der Waals surface area contributed by atoms with Crippen LogP contribution in [0.3, 0.4) is 0 Å². The van der Waals surface area contributed by atoms with Crippen LogP contribution < -0.4 is 10.6 Å². The van der Waals surface area contributed by atoms with Gasteiger partial charge in [0.25, 0.3) is 0 Å². The first-order chi connectivity index (χ1) is 17.4. The Bertz CT molecular complexity index is 780. The number of carbonyl (C=O) groups excluding carboxylic acids is 2. The smallest absolute Gasteiger partial charge is 0.414 e. The number of amides is 2. The van der Waals surface area contributed by atoms with E-state index in [2.05, 4.69) is 34.4 Å². The molecule has 0 unspecified atom stereocenters. The molecule has 11 nitrogen and oxygen atoms in total. The molecule has 3 aliphatic rings. The van der Waals surface area contributed by atoms with Crippen LogP contribution in [0.5, 0.6) is 0 Å². The summed E-state index contributed by atoms with van der Waals surface area (Å²) in [5.41, 5.74) is 0.206. The average Bonchev–Trinajstić information content (AvgIpc) is 3.32.